The lowest BCUT2D eigenvalue weighted by Gasteiger charge is -2.10. The molecule has 27 heavy (non-hydrogen) atoms. The minimum absolute atomic E-state index is 0.174. The van der Waals surface area contributed by atoms with Crippen LogP contribution in [0, 0.1) is 5.82 Å². The van der Waals surface area contributed by atoms with Crippen molar-refractivity contribution in [2.24, 2.45) is 5.14 Å². The van der Waals surface area contributed by atoms with Crippen molar-refractivity contribution in [3.63, 3.8) is 0 Å². The van der Waals surface area contributed by atoms with Gasteiger partial charge in [0, 0.05) is 0 Å². The fraction of sp³-hybridized carbons (Fsp3) is 0.250. The summed E-state index contributed by atoms with van der Waals surface area (Å²) < 4.78 is 13.1. The van der Waals surface area contributed by atoms with E-state index in [1.807, 2.05) is 12.1 Å². The number of hydrogen-bond donors (Lipinski definition) is 2. The molecule has 0 radical (unpaired) electrons. The van der Waals surface area contributed by atoms with E-state index in [2.05, 4.69) is 73.4 Å². The summed E-state index contributed by atoms with van der Waals surface area (Å²) >= 11 is 3.03. The zero-order valence-corrected chi connectivity index (χ0v) is 16.8. The van der Waals surface area contributed by atoms with E-state index in [1.165, 1.54) is 22.3 Å². The number of thiol groups is 1. The molecule has 1 nitrogen and oxygen atoms in total. The van der Waals surface area contributed by atoms with E-state index in [9.17, 15) is 4.39 Å². The van der Waals surface area contributed by atoms with Gasteiger partial charge in [0.2, 0.25) is 0 Å². The van der Waals surface area contributed by atoms with Gasteiger partial charge in [0.15, 0.2) is 0 Å². The molecule has 0 heterocycles. The van der Waals surface area contributed by atoms with Crippen LogP contribution in [0.1, 0.15) is 41.2 Å². The fourth-order valence-electron chi connectivity index (χ4n) is 3.29. The molecule has 0 amide bonds. The summed E-state index contributed by atoms with van der Waals surface area (Å²) in [5.74, 6) is -0.174. The second-order valence-corrected chi connectivity index (χ2v) is 6.70. The largest absolute Gasteiger partial charge is 0.281 e. The number of rotatable bonds is 7. The van der Waals surface area contributed by atoms with Crippen LogP contribution in [0.3, 0.4) is 0 Å². The maximum atomic E-state index is 13.1. The molecular weight excluding hydrogens is 353 g/mol. The van der Waals surface area contributed by atoms with Gasteiger partial charge >= 0.3 is 0 Å². The number of hydrogen-bond acceptors (Lipinski definition) is 2. The Morgan fingerprint density at radius 3 is 1.85 bits per heavy atom. The molecule has 0 aromatic heterocycles. The van der Waals surface area contributed by atoms with E-state index < -0.39 is 0 Å². The third-order valence-electron chi connectivity index (χ3n) is 4.52. The first-order chi connectivity index (χ1) is 13.2. The molecule has 3 aromatic rings. The van der Waals surface area contributed by atoms with Gasteiger partial charge in [-0.3, -0.25) is 5.14 Å². The lowest BCUT2D eigenvalue weighted by atomic mass is 9.95. The molecule has 2 N–H and O–H groups in total. The van der Waals surface area contributed by atoms with Gasteiger partial charge in [-0.2, -0.15) is 0 Å². The van der Waals surface area contributed by atoms with Crippen molar-refractivity contribution in [1.29, 1.82) is 0 Å². The molecule has 0 bridgehead atoms. The maximum absolute atomic E-state index is 13.1. The third kappa shape index (κ3) is 7.20. The van der Waals surface area contributed by atoms with Gasteiger partial charge in [-0.25, -0.2) is 4.39 Å². The van der Waals surface area contributed by atoms with Crippen molar-refractivity contribution in [3.05, 3.63) is 106 Å². The summed E-state index contributed by atoms with van der Waals surface area (Å²) in [6.07, 6.45) is 5.23. The fourth-order valence-corrected chi connectivity index (χ4v) is 3.29. The smallest absolute Gasteiger partial charge is 0.123 e. The van der Waals surface area contributed by atoms with Crippen LogP contribution in [0.25, 0.3) is 0 Å². The van der Waals surface area contributed by atoms with Gasteiger partial charge in [-0.1, -0.05) is 74.0 Å². The topological polar surface area (TPSA) is 26.0 Å². The van der Waals surface area contributed by atoms with Crippen molar-refractivity contribution in [1.82, 2.24) is 0 Å². The lowest BCUT2D eigenvalue weighted by Crippen LogP contribution is -1.97. The van der Waals surface area contributed by atoms with E-state index >= 15 is 0 Å². The lowest BCUT2D eigenvalue weighted by molar-refractivity contribution is 0.627. The van der Waals surface area contributed by atoms with Crippen LogP contribution in [0.15, 0.2) is 72.8 Å². The molecule has 3 aromatic carbocycles. The van der Waals surface area contributed by atoms with Crippen molar-refractivity contribution in [3.8, 4) is 0 Å². The highest BCUT2D eigenvalue weighted by Crippen LogP contribution is 2.18. The molecule has 142 valence electrons. The van der Waals surface area contributed by atoms with Gasteiger partial charge < -0.3 is 0 Å². The number of nitrogens with two attached hydrogens (primary N) is 1. The molecule has 0 aliphatic heterocycles. The summed E-state index contributed by atoms with van der Waals surface area (Å²) in [5, 5.41) is 4.19. The van der Waals surface area contributed by atoms with Crippen molar-refractivity contribution < 1.29 is 4.39 Å². The molecule has 0 saturated heterocycles. The summed E-state index contributed by atoms with van der Waals surface area (Å²) in [6.45, 7) is 2.22. The third-order valence-corrected chi connectivity index (χ3v) is 4.52. The van der Waals surface area contributed by atoms with Crippen molar-refractivity contribution in [2.75, 3.05) is 0 Å². The van der Waals surface area contributed by atoms with Gasteiger partial charge in [-0.15, -0.1) is 12.8 Å². The maximum Gasteiger partial charge on any atom is 0.123 e. The van der Waals surface area contributed by atoms with Crippen LogP contribution < -0.4 is 5.14 Å². The van der Waals surface area contributed by atoms with E-state index in [0.717, 1.165) is 37.7 Å². The van der Waals surface area contributed by atoms with Gasteiger partial charge in [0.05, 0.1) is 0 Å². The molecular formula is C24H28FNS. The summed E-state index contributed by atoms with van der Waals surface area (Å²) in [5.41, 5.74) is 6.66. The molecule has 0 aliphatic carbocycles. The second-order valence-electron chi connectivity index (χ2n) is 6.70. The Morgan fingerprint density at radius 2 is 1.22 bits per heavy atom. The van der Waals surface area contributed by atoms with Gasteiger partial charge in [-0.05, 0) is 65.6 Å². The van der Waals surface area contributed by atoms with Crippen LogP contribution in [-0.2, 0) is 25.7 Å². The Kier molecular flexibility index (Phi) is 9.09. The minimum atomic E-state index is -0.174. The number of halogens is 1. The Balaban J connectivity index is 0.00000126. The Bertz CT molecular complexity index is 800. The van der Waals surface area contributed by atoms with Crippen molar-refractivity contribution in [2.45, 2.75) is 39.0 Å². The summed E-state index contributed by atoms with van der Waals surface area (Å²) in [7, 11) is 0. The van der Waals surface area contributed by atoms with Crippen LogP contribution >= 0.6 is 12.8 Å². The molecule has 0 atom stereocenters. The molecule has 0 spiro atoms. The quantitative estimate of drug-likeness (QED) is 0.486. The highest BCUT2D eigenvalue weighted by atomic mass is 32.1. The first kappa shape index (κ1) is 21.2. The molecule has 3 heteroatoms. The highest BCUT2D eigenvalue weighted by molar-refractivity contribution is 7.77. The molecule has 3 rings (SSSR count). The first-order valence-electron chi connectivity index (χ1n) is 9.39. The Labute approximate surface area is 168 Å². The van der Waals surface area contributed by atoms with Crippen LogP contribution in [0.4, 0.5) is 4.39 Å². The predicted octanol–water partition coefficient (Wildman–Crippen LogP) is 5.94. The number of benzene rings is 3. The monoisotopic (exact) mass is 381 g/mol. The summed E-state index contributed by atoms with van der Waals surface area (Å²) in [4.78, 5) is 0. The normalized spacial score (nSPS) is 10.2. The zero-order valence-electron chi connectivity index (χ0n) is 15.9. The SMILES string of the molecule is CCCc1cc(CCc2ccccc2)cc(Cc2ccc(F)cc2)c1.NS. The highest BCUT2D eigenvalue weighted by Gasteiger charge is 2.04. The molecule has 0 fully saturated rings. The van der Waals surface area contributed by atoms with Crippen molar-refractivity contribution >= 4 is 12.8 Å². The predicted molar refractivity (Wildman–Crippen MR) is 117 cm³/mol. The minimum Gasteiger partial charge on any atom is -0.281 e. The zero-order chi connectivity index (χ0) is 19.5. The van der Waals surface area contributed by atoms with E-state index in [0.29, 0.717) is 0 Å². The standard InChI is InChI=1S/C24H25F.H3NS/c1-2-6-21-16-22(10-9-19-7-4-3-5-8-19)18-23(17-21)15-20-11-13-24(25)14-12-20;1-2/h3-5,7-8,11-14,16-18H,2,6,9-10,15H2,1H3;2H,1H2. The summed E-state index contributed by atoms with van der Waals surface area (Å²) in [6, 6.07) is 24.5. The van der Waals surface area contributed by atoms with Gasteiger partial charge in [0.25, 0.3) is 0 Å². The van der Waals surface area contributed by atoms with Gasteiger partial charge in [0.1, 0.15) is 5.82 Å². The molecule has 0 aliphatic rings. The average Bonchev–Trinajstić information content (AvgIpc) is 2.71. The Morgan fingerprint density at radius 1 is 0.667 bits per heavy atom. The Hall–Kier alpha value is -2.10. The molecule has 0 unspecified atom stereocenters. The second kappa shape index (κ2) is 11.6. The van der Waals surface area contributed by atoms with Crippen LogP contribution in [0.5, 0.6) is 0 Å². The van der Waals surface area contributed by atoms with E-state index in [1.54, 1.807) is 12.1 Å². The van der Waals surface area contributed by atoms with E-state index in [-0.39, 0.29) is 5.82 Å². The molecule has 0 saturated carbocycles. The first-order valence-corrected chi connectivity index (χ1v) is 9.90. The van der Waals surface area contributed by atoms with Crippen LogP contribution in [0.2, 0.25) is 0 Å². The van der Waals surface area contributed by atoms with Crippen LogP contribution in [-0.4, -0.2) is 0 Å². The van der Waals surface area contributed by atoms with E-state index in [4.69, 9.17) is 0 Å². The number of aryl methyl sites for hydroxylation is 3. The average molecular weight is 382 g/mol.